The van der Waals surface area contributed by atoms with Crippen LogP contribution in [0.1, 0.15) is 5.56 Å². The lowest BCUT2D eigenvalue weighted by atomic mass is 9.94. The van der Waals surface area contributed by atoms with Crippen molar-refractivity contribution >= 4 is 16.6 Å². The Balaban J connectivity index is 1.97. The number of nitrogens with zero attached hydrogens (tertiary/aromatic N) is 1. The summed E-state index contributed by atoms with van der Waals surface area (Å²) < 4.78 is 0. The lowest BCUT2D eigenvalue weighted by molar-refractivity contribution is 0.960. The van der Waals surface area contributed by atoms with Crippen molar-refractivity contribution in [2.45, 2.75) is 0 Å². The average molecular weight is 272 g/mol. The molecule has 1 N–H and O–H groups in total. The molecule has 0 bridgehead atoms. The first kappa shape index (κ1) is 12.2. The maximum absolute atomic E-state index is 4.58. The summed E-state index contributed by atoms with van der Waals surface area (Å²) in [5.41, 5.74) is 3.69. The van der Waals surface area contributed by atoms with E-state index >= 15 is 0 Å². The predicted octanol–water partition coefficient (Wildman–Crippen LogP) is 3.86. The van der Waals surface area contributed by atoms with Gasteiger partial charge >= 0.3 is 0 Å². The molecule has 1 heterocycles. The Bertz CT molecular complexity index is 828. The number of rotatable bonds is 2. The highest BCUT2D eigenvalue weighted by Gasteiger charge is 2.14. The second-order valence-corrected chi connectivity index (χ2v) is 5.23. The molecule has 21 heavy (non-hydrogen) atoms. The van der Waals surface area contributed by atoms with Crippen LogP contribution in [0.2, 0.25) is 0 Å². The third-order valence-electron chi connectivity index (χ3n) is 3.94. The lowest BCUT2D eigenvalue weighted by Gasteiger charge is -2.12. The zero-order chi connectivity index (χ0) is 14.1. The van der Waals surface area contributed by atoms with Crippen LogP contribution in [0.25, 0.3) is 21.9 Å². The van der Waals surface area contributed by atoms with Gasteiger partial charge in [0.2, 0.25) is 0 Å². The highest BCUT2D eigenvalue weighted by atomic mass is 15.1. The van der Waals surface area contributed by atoms with Crippen LogP contribution in [0.15, 0.2) is 71.7 Å². The summed E-state index contributed by atoms with van der Waals surface area (Å²) in [5, 5.41) is 5.93. The minimum atomic E-state index is 0.860. The van der Waals surface area contributed by atoms with Crippen LogP contribution in [0.4, 0.5) is 0 Å². The fourth-order valence-corrected chi connectivity index (χ4v) is 2.96. The molecule has 1 aliphatic heterocycles. The molecule has 3 aromatic carbocycles. The summed E-state index contributed by atoms with van der Waals surface area (Å²) in [6, 6.07) is 23.5. The number of hydrogen-bond donors (Lipinski definition) is 1. The molecule has 3 aromatic rings. The molecule has 0 saturated carbocycles. The van der Waals surface area contributed by atoms with Crippen molar-refractivity contribution in [3.8, 4) is 11.1 Å². The second-order valence-electron chi connectivity index (χ2n) is 5.23. The predicted molar refractivity (Wildman–Crippen MR) is 88.8 cm³/mol. The fraction of sp³-hybridized carbons (Fsp3) is 0.105. The second kappa shape index (κ2) is 5.06. The third-order valence-corrected chi connectivity index (χ3v) is 3.94. The summed E-state index contributed by atoms with van der Waals surface area (Å²) in [7, 11) is 0. The van der Waals surface area contributed by atoms with Crippen LogP contribution in [0, 0.1) is 0 Å². The monoisotopic (exact) mass is 272 g/mol. The van der Waals surface area contributed by atoms with Gasteiger partial charge in [-0.1, -0.05) is 66.7 Å². The Morgan fingerprint density at radius 2 is 1.43 bits per heavy atom. The molecule has 0 spiro atoms. The number of benzene rings is 3. The van der Waals surface area contributed by atoms with E-state index in [9.17, 15) is 0 Å². The van der Waals surface area contributed by atoms with Crippen LogP contribution in [-0.4, -0.2) is 18.9 Å². The Morgan fingerprint density at radius 3 is 2.29 bits per heavy atom. The van der Waals surface area contributed by atoms with Crippen LogP contribution in [0.5, 0.6) is 0 Å². The van der Waals surface area contributed by atoms with Gasteiger partial charge in [0.05, 0.1) is 6.54 Å². The zero-order valence-corrected chi connectivity index (χ0v) is 11.7. The summed E-state index contributed by atoms with van der Waals surface area (Å²) in [4.78, 5) is 4.58. The van der Waals surface area contributed by atoms with Crippen LogP contribution in [0.3, 0.4) is 0 Å². The molecule has 0 aliphatic carbocycles. The van der Waals surface area contributed by atoms with E-state index in [1.54, 1.807) is 0 Å². The normalized spacial score (nSPS) is 14.0. The van der Waals surface area contributed by atoms with Gasteiger partial charge in [0.1, 0.15) is 5.84 Å². The molecule has 4 rings (SSSR count). The van der Waals surface area contributed by atoms with Crippen LogP contribution < -0.4 is 5.32 Å². The van der Waals surface area contributed by atoms with E-state index < -0.39 is 0 Å². The Kier molecular flexibility index (Phi) is 2.93. The fourth-order valence-electron chi connectivity index (χ4n) is 2.96. The summed E-state index contributed by atoms with van der Waals surface area (Å²) in [6.07, 6.45) is 0. The molecule has 0 aromatic heterocycles. The van der Waals surface area contributed by atoms with E-state index in [-0.39, 0.29) is 0 Å². The molecule has 102 valence electrons. The number of amidine groups is 1. The topological polar surface area (TPSA) is 24.4 Å². The van der Waals surface area contributed by atoms with Gasteiger partial charge in [0, 0.05) is 12.1 Å². The van der Waals surface area contributed by atoms with Gasteiger partial charge in [-0.3, -0.25) is 4.99 Å². The van der Waals surface area contributed by atoms with E-state index in [1.165, 1.54) is 27.5 Å². The van der Waals surface area contributed by atoms with Crippen molar-refractivity contribution in [1.29, 1.82) is 0 Å². The van der Waals surface area contributed by atoms with Crippen molar-refractivity contribution in [3.05, 3.63) is 72.3 Å². The van der Waals surface area contributed by atoms with Crippen molar-refractivity contribution in [2.75, 3.05) is 13.1 Å². The molecule has 0 unspecified atom stereocenters. The highest BCUT2D eigenvalue weighted by molar-refractivity contribution is 6.08. The molecule has 0 fully saturated rings. The van der Waals surface area contributed by atoms with Gasteiger partial charge in [0.15, 0.2) is 0 Å². The van der Waals surface area contributed by atoms with Crippen LogP contribution in [-0.2, 0) is 0 Å². The Hall–Kier alpha value is -2.61. The minimum absolute atomic E-state index is 0.860. The largest absolute Gasteiger partial charge is 0.368 e. The molecule has 2 nitrogen and oxygen atoms in total. The molecule has 1 aliphatic rings. The molecule has 0 saturated heterocycles. The van der Waals surface area contributed by atoms with Crippen molar-refractivity contribution < 1.29 is 0 Å². The van der Waals surface area contributed by atoms with E-state index in [4.69, 9.17) is 0 Å². The van der Waals surface area contributed by atoms with Gasteiger partial charge in [0.25, 0.3) is 0 Å². The van der Waals surface area contributed by atoms with Crippen molar-refractivity contribution in [2.24, 2.45) is 4.99 Å². The number of nitrogens with one attached hydrogen (secondary N) is 1. The molecular weight excluding hydrogens is 256 g/mol. The van der Waals surface area contributed by atoms with Crippen LogP contribution >= 0.6 is 0 Å². The maximum atomic E-state index is 4.58. The smallest absolute Gasteiger partial charge is 0.129 e. The van der Waals surface area contributed by atoms with Crippen molar-refractivity contribution in [3.63, 3.8) is 0 Å². The third kappa shape index (κ3) is 2.09. The molecule has 0 radical (unpaired) electrons. The van der Waals surface area contributed by atoms with Gasteiger partial charge < -0.3 is 5.32 Å². The summed E-state index contributed by atoms with van der Waals surface area (Å²) in [6.45, 7) is 1.79. The quantitative estimate of drug-likeness (QED) is 0.752. The van der Waals surface area contributed by atoms with Crippen molar-refractivity contribution in [1.82, 2.24) is 5.32 Å². The van der Waals surface area contributed by atoms with E-state index in [2.05, 4.69) is 77.0 Å². The first-order valence-electron chi connectivity index (χ1n) is 7.29. The maximum Gasteiger partial charge on any atom is 0.129 e. The van der Waals surface area contributed by atoms with Gasteiger partial charge in [-0.25, -0.2) is 0 Å². The number of hydrogen-bond acceptors (Lipinski definition) is 2. The number of aliphatic imine (C=N–C) groups is 1. The van der Waals surface area contributed by atoms with E-state index in [1.807, 2.05) is 0 Å². The van der Waals surface area contributed by atoms with Gasteiger partial charge in [-0.05, 0) is 21.9 Å². The first-order chi connectivity index (χ1) is 10.4. The molecular formula is C19H16N2. The van der Waals surface area contributed by atoms with E-state index in [0.717, 1.165) is 18.9 Å². The molecule has 2 heteroatoms. The Labute approximate surface area is 124 Å². The summed E-state index contributed by atoms with van der Waals surface area (Å²) >= 11 is 0. The van der Waals surface area contributed by atoms with Gasteiger partial charge in [-0.15, -0.1) is 0 Å². The Morgan fingerprint density at radius 1 is 0.714 bits per heavy atom. The standard InChI is InChI=1S/C19H16N2/c1-2-8-15-14(6-1)7-5-11-16(15)17-9-3-4-10-18(17)19-20-12-13-21-19/h1-11H,12-13H2,(H,20,21). The SMILES string of the molecule is c1ccc(-c2cccc3ccccc23)c(C2=NCCN2)c1. The average Bonchev–Trinajstić information content (AvgIpc) is 3.09. The molecule has 0 amide bonds. The van der Waals surface area contributed by atoms with Gasteiger partial charge in [-0.2, -0.15) is 0 Å². The number of fused-ring (bicyclic) bond motifs is 1. The lowest BCUT2D eigenvalue weighted by Crippen LogP contribution is -2.20. The zero-order valence-electron chi connectivity index (χ0n) is 11.7. The highest BCUT2D eigenvalue weighted by Crippen LogP contribution is 2.31. The molecule has 0 atom stereocenters. The minimum Gasteiger partial charge on any atom is -0.368 e. The van der Waals surface area contributed by atoms with E-state index in [0.29, 0.717) is 0 Å². The summed E-state index contributed by atoms with van der Waals surface area (Å²) in [5.74, 6) is 1.01. The first-order valence-corrected chi connectivity index (χ1v) is 7.29.